The van der Waals surface area contributed by atoms with Gasteiger partial charge in [0.15, 0.2) is 0 Å². The summed E-state index contributed by atoms with van der Waals surface area (Å²) in [4.78, 5) is 0. The van der Waals surface area contributed by atoms with E-state index in [1.807, 2.05) is 6.08 Å². The van der Waals surface area contributed by atoms with E-state index in [2.05, 4.69) is 109 Å². The number of rotatable bonds is 9. The zero-order chi connectivity index (χ0) is 28.3. The molecular weight excluding hydrogens is 460 g/mol. The molecule has 5 unspecified atom stereocenters. The highest BCUT2D eigenvalue weighted by molar-refractivity contribution is 5.21. The first-order valence-corrected chi connectivity index (χ1v) is 14.9. The van der Waals surface area contributed by atoms with E-state index >= 15 is 0 Å². The largest absolute Gasteiger partial charge is 0.198 e. The molecule has 4 aliphatic rings. The third-order valence-corrected chi connectivity index (χ3v) is 7.74. The molecule has 0 aromatic carbocycles. The second-order valence-electron chi connectivity index (χ2n) is 12.1. The Morgan fingerprint density at radius 2 is 1.39 bits per heavy atom. The lowest BCUT2D eigenvalue weighted by molar-refractivity contribution is 0.503. The van der Waals surface area contributed by atoms with Crippen LogP contribution in [0.2, 0.25) is 0 Å². The monoisotopic (exact) mass is 514 g/mol. The topological polar surface area (TPSA) is 47.6 Å². The minimum absolute atomic E-state index is 0.347. The van der Waals surface area contributed by atoms with Gasteiger partial charge in [-0.3, -0.25) is 0 Å². The Balaban J connectivity index is 0.000000256. The van der Waals surface area contributed by atoms with Crippen LogP contribution in [-0.4, -0.2) is 0 Å². The highest BCUT2D eigenvalue weighted by atomic mass is 14.4. The first-order valence-electron chi connectivity index (χ1n) is 14.9. The molecule has 4 bridgehead atoms. The third-order valence-electron chi connectivity index (χ3n) is 7.74. The number of nitriles is 2. The average molecular weight is 515 g/mol. The van der Waals surface area contributed by atoms with Crippen LogP contribution in [-0.2, 0) is 0 Å². The van der Waals surface area contributed by atoms with Crippen LogP contribution >= 0.6 is 0 Å². The van der Waals surface area contributed by atoms with E-state index in [0.29, 0.717) is 30.1 Å². The number of nitrogens with zero attached hydrogens (tertiary/aromatic N) is 2. The maximum absolute atomic E-state index is 8.60. The molecule has 0 saturated heterocycles. The van der Waals surface area contributed by atoms with Crippen molar-refractivity contribution in [2.24, 2.45) is 41.4 Å². The minimum Gasteiger partial charge on any atom is -0.198 e. The Kier molecular flexibility index (Phi) is 17.1. The number of hydrogen-bond acceptors (Lipinski definition) is 2. The summed E-state index contributed by atoms with van der Waals surface area (Å²) < 4.78 is 0. The first kappa shape index (κ1) is 33.4. The number of hydrogen-bond donors (Lipinski definition) is 0. The van der Waals surface area contributed by atoms with Gasteiger partial charge in [0.25, 0.3) is 0 Å². The molecule has 5 atom stereocenters. The van der Waals surface area contributed by atoms with Crippen molar-refractivity contribution in [2.45, 2.75) is 99.3 Å². The quantitative estimate of drug-likeness (QED) is 0.287. The lowest BCUT2D eigenvalue weighted by atomic mass is 9.95. The molecule has 0 heterocycles. The lowest BCUT2D eigenvalue weighted by Crippen LogP contribution is -2.02. The highest BCUT2D eigenvalue weighted by Gasteiger charge is 2.35. The first-order chi connectivity index (χ1) is 18.2. The minimum atomic E-state index is 0.347. The van der Waals surface area contributed by atoms with Crippen molar-refractivity contribution in [3.63, 3.8) is 0 Å². The fourth-order valence-corrected chi connectivity index (χ4v) is 5.12. The van der Waals surface area contributed by atoms with E-state index in [4.69, 9.17) is 10.5 Å². The van der Waals surface area contributed by atoms with Gasteiger partial charge in [-0.05, 0) is 115 Å². The normalized spacial score (nSPS) is 25.7. The SMILES string of the molecule is C1=CC2C=CC1C2.C=CC(C)CCC=C(C)C.CC(C)=CCCC(C)CCC#N.N#CC1CC2C=CC1C2. The summed E-state index contributed by atoms with van der Waals surface area (Å²) in [5.74, 6) is 4.69. The molecule has 1 saturated carbocycles. The molecule has 38 heavy (non-hydrogen) atoms. The Bertz CT molecular complexity index is 880. The summed E-state index contributed by atoms with van der Waals surface area (Å²) in [5, 5.41) is 17.0. The molecule has 208 valence electrons. The van der Waals surface area contributed by atoms with E-state index in [9.17, 15) is 0 Å². The van der Waals surface area contributed by atoms with Crippen LogP contribution < -0.4 is 0 Å². The molecular formula is C36H54N2. The zero-order valence-corrected chi connectivity index (χ0v) is 25.2. The summed E-state index contributed by atoms with van der Waals surface area (Å²) in [6.07, 6.45) is 30.5. The smallest absolute Gasteiger partial charge is 0.0662 e. The Morgan fingerprint density at radius 3 is 1.74 bits per heavy atom. The van der Waals surface area contributed by atoms with Crippen LogP contribution in [0, 0.1) is 64.1 Å². The van der Waals surface area contributed by atoms with Gasteiger partial charge in [-0.15, -0.1) is 6.58 Å². The van der Waals surface area contributed by atoms with Crippen LogP contribution in [0.1, 0.15) is 99.3 Å². The van der Waals surface area contributed by atoms with Crippen molar-refractivity contribution in [3.8, 4) is 12.1 Å². The fraction of sp³-hybridized carbons (Fsp3) is 0.611. The maximum Gasteiger partial charge on any atom is 0.0662 e. The van der Waals surface area contributed by atoms with Gasteiger partial charge in [0.2, 0.25) is 0 Å². The lowest BCUT2D eigenvalue weighted by Gasteiger charge is -2.06. The summed E-state index contributed by atoms with van der Waals surface area (Å²) >= 11 is 0. The second-order valence-corrected chi connectivity index (χ2v) is 12.1. The van der Waals surface area contributed by atoms with Gasteiger partial charge in [-0.25, -0.2) is 0 Å². The van der Waals surface area contributed by atoms with Gasteiger partial charge in [0.05, 0.1) is 18.1 Å². The zero-order valence-electron chi connectivity index (χ0n) is 25.2. The number of fused-ring (bicyclic) bond motifs is 4. The molecule has 0 aromatic rings. The molecule has 0 aliphatic heterocycles. The van der Waals surface area contributed by atoms with Gasteiger partial charge in [0.1, 0.15) is 0 Å². The molecule has 4 aliphatic carbocycles. The molecule has 0 spiro atoms. The molecule has 4 rings (SSSR count). The predicted octanol–water partition coefficient (Wildman–Crippen LogP) is 10.7. The van der Waals surface area contributed by atoms with Gasteiger partial charge < -0.3 is 0 Å². The standard InChI is InChI=1S/C11H19N.C10H18.C8H9N.C7H8/c1-10(2)6-4-7-11(3)8-5-9-12;1-5-10(4)8-6-7-9(2)3;9-5-8-4-6-1-2-7(8)3-6;1-2-7-4-3-6(1)5-7/h6,11H,4-5,7-8H2,1-3H3;5,7,10H,1,6,8H2,2-4H3;1-2,6-8H,3-4H2;1-4,6-7H,5H2. The van der Waals surface area contributed by atoms with E-state index < -0.39 is 0 Å². The molecule has 2 nitrogen and oxygen atoms in total. The Hall–Kier alpha value is -2.58. The molecule has 0 aromatic heterocycles. The molecule has 1 fully saturated rings. The molecule has 0 amide bonds. The van der Waals surface area contributed by atoms with Gasteiger partial charge >= 0.3 is 0 Å². The van der Waals surface area contributed by atoms with Crippen LogP contribution in [0.25, 0.3) is 0 Å². The van der Waals surface area contributed by atoms with E-state index in [-0.39, 0.29) is 0 Å². The van der Waals surface area contributed by atoms with Gasteiger partial charge in [-0.1, -0.05) is 79.7 Å². The summed E-state index contributed by atoms with van der Waals surface area (Å²) in [6, 6.07) is 4.53. The van der Waals surface area contributed by atoms with E-state index in [0.717, 1.165) is 37.0 Å². The maximum atomic E-state index is 8.60. The number of allylic oxidation sites excluding steroid dienone is 11. The van der Waals surface area contributed by atoms with E-state index in [1.165, 1.54) is 43.3 Å². The summed E-state index contributed by atoms with van der Waals surface area (Å²) in [7, 11) is 0. The Morgan fingerprint density at radius 1 is 0.816 bits per heavy atom. The van der Waals surface area contributed by atoms with Gasteiger partial charge in [-0.2, -0.15) is 10.5 Å². The van der Waals surface area contributed by atoms with Crippen molar-refractivity contribution < 1.29 is 0 Å². The second kappa shape index (κ2) is 19.5. The third kappa shape index (κ3) is 15.0. The average Bonchev–Trinajstić information content (AvgIpc) is 3.71. The van der Waals surface area contributed by atoms with Crippen molar-refractivity contribution in [1.29, 1.82) is 10.5 Å². The highest BCUT2D eigenvalue weighted by Crippen LogP contribution is 2.42. The summed E-state index contributed by atoms with van der Waals surface area (Å²) in [6.45, 7) is 16.7. The van der Waals surface area contributed by atoms with Crippen LogP contribution in [0.15, 0.2) is 72.4 Å². The van der Waals surface area contributed by atoms with Crippen molar-refractivity contribution >= 4 is 0 Å². The molecule has 0 N–H and O–H groups in total. The van der Waals surface area contributed by atoms with Crippen LogP contribution in [0.3, 0.4) is 0 Å². The van der Waals surface area contributed by atoms with Crippen molar-refractivity contribution in [2.75, 3.05) is 0 Å². The molecule has 0 radical (unpaired) electrons. The molecule has 2 heteroatoms. The van der Waals surface area contributed by atoms with E-state index in [1.54, 1.807) is 0 Å². The van der Waals surface area contributed by atoms with Crippen molar-refractivity contribution in [1.82, 2.24) is 0 Å². The Labute approximate surface area is 235 Å². The predicted molar refractivity (Wildman–Crippen MR) is 165 cm³/mol. The van der Waals surface area contributed by atoms with Crippen molar-refractivity contribution in [3.05, 3.63) is 72.4 Å². The van der Waals surface area contributed by atoms with Crippen LogP contribution in [0.5, 0.6) is 0 Å². The fourth-order valence-electron chi connectivity index (χ4n) is 5.12. The van der Waals surface area contributed by atoms with Crippen LogP contribution in [0.4, 0.5) is 0 Å². The summed E-state index contributed by atoms with van der Waals surface area (Å²) in [5.41, 5.74) is 2.80. The van der Waals surface area contributed by atoms with Gasteiger partial charge in [0, 0.05) is 6.42 Å².